The van der Waals surface area contributed by atoms with Gasteiger partial charge in [0.1, 0.15) is 5.82 Å². The number of likely N-dealkylation sites (N-methyl/N-ethyl adjacent to an activating group) is 1. The van der Waals surface area contributed by atoms with Gasteiger partial charge in [-0.05, 0) is 39.1 Å². The van der Waals surface area contributed by atoms with Crippen LogP contribution in [0.25, 0.3) is 10.2 Å². The van der Waals surface area contributed by atoms with E-state index in [4.69, 9.17) is 0 Å². The normalized spacial score (nSPS) is 17.4. The molecule has 138 valence electrons. The number of benzene rings is 1. The number of hydrogen-bond donors (Lipinski definition) is 1. The van der Waals surface area contributed by atoms with Gasteiger partial charge < -0.3 is 10.2 Å². The fraction of sp³-hybridized carbons (Fsp3) is 0.500. The summed E-state index contributed by atoms with van der Waals surface area (Å²) in [5.41, 5.74) is 1.05. The summed E-state index contributed by atoms with van der Waals surface area (Å²) in [6.07, 6.45) is 2.68. The topological polar surface area (TPSA) is 68.0 Å². The molecule has 1 aliphatic heterocycles. The van der Waals surface area contributed by atoms with Gasteiger partial charge in [-0.15, -0.1) is 0 Å². The van der Waals surface area contributed by atoms with Crippen LogP contribution < -0.4 is 11.0 Å². The number of thiazole rings is 1. The van der Waals surface area contributed by atoms with Crippen LogP contribution in [-0.4, -0.2) is 50.9 Å². The summed E-state index contributed by atoms with van der Waals surface area (Å²) >= 11 is 1.68. The molecule has 1 unspecified atom stereocenters. The first kappa shape index (κ1) is 17.2. The molecule has 0 saturated carbocycles. The fourth-order valence-electron chi connectivity index (χ4n) is 3.32. The van der Waals surface area contributed by atoms with E-state index in [2.05, 4.69) is 26.4 Å². The number of nitrogens with one attached hydrogen (secondary N) is 1. The minimum Gasteiger partial charge on any atom is -0.359 e. The molecule has 1 N–H and O–H groups in total. The molecule has 4 rings (SSSR count). The molecule has 0 fully saturated rings. The largest absolute Gasteiger partial charge is 0.359 e. The maximum absolute atomic E-state index is 12.6. The van der Waals surface area contributed by atoms with Crippen LogP contribution in [0.1, 0.15) is 18.7 Å². The first-order valence-corrected chi connectivity index (χ1v) is 9.85. The molecular weight excluding hydrogens is 348 g/mol. The van der Waals surface area contributed by atoms with Gasteiger partial charge in [-0.25, -0.2) is 14.5 Å². The maximum atomic E-state index is 12.6. The highest BCUT2D eigenvalue weighted by atomic mass is 32.1. The van der Waals surface area contributed by atoms with Crippen molar-refractivity contribution in [3.05, 3.63) is 40.6 Å². The Morgan fingerprint density at radius 2 is 2.15 bits per heavy atom. The average molecular weight is 372 g/mol. The molecular formula is C18H24N6OS. The van der Waals surface area contributed by atoms with Crippen molar-refractivity contribution >= 4 is 26.7 Å². The van der Waals surface area contributed by atoms with E-state index in [1.165, 1.54) is 4.70 Å². The third-order valence-electron chi connectivity index (χ3n) is 4.80. The summed E-state index contributed by atoms with van der Waals surface area (Å²) < 4.78 is 4.65. The van der Waals surface area contributed by atoms with Gasteiger partial charge in [-0.2, -0.15) is 5.10 Å². The predicted octanol–water partition coefficient (Wildman–Crippen LogP) is 2.03. The zero-order valence-corrected chi connectivity index (χ0v) is 16.0. The van der Waals surface area contributed by atoms with Gasteiger partial charge >= 0.3 is 5.69 Å². The maximum Gasteiger partial charge on any atom is 0.345 e. The summed E-state index contributed by atoms with van der Waals surface area (Å²) in [7, 11) is 4.01. The zero-order chi connectivity index (χ0) is 18.1. The second-order valence-corrected chi connectivity index (χ2v) is 8.06. The van der Waals surface area contributed by atoms with Gasteiger partial charge in [-0.1, -0.05) is 23.5 Å². The highest BCUT2D eigenvalue weighted by Gasteiger charge is 2.21. The van der Waals surface area contributed by atoms with Gasteiger partial charge in [0.25, 0.3) is 0 Å². The zero-order valence-electron chi connectivity index (χ0n) is 15.2. The molecule has 1 aromatic carbocycles. The Kier molecular flexibility index (Phi) is 4.78. The van der Waals surface area contributed by atoms with Crippen molar-refractivity contribution in [1.29, 1.82) is 0 Å². The molecule has 3 heterocycles. The number of hydrogen-bond acceptors (Lipinski definition) is 6. The van der Waals surface area contributed by atoms with Gasteiger partial charge in [-0.3, -0.25) is 4.57 Å². The van der Waals surface area contributed by atoms with Crippen molar-refractivity contribution in [3.63, 3.8) is 0 Å². The molecule has 0 saturated heterocycles. The number of para-hydroxylation sites is 1. The Hall–Kier alpha value is -2.19. The van der Waals surface area contributed by atoms with Crippen LogP contribution in [0.4, 0.5) is 5.13 Å². The van der Waals surface area contributed by atoms with Crippen molar-refractivity contribution in [2.75, 3.05) is 26.0 Å². The Morgan fingerprint density at radius 3 is 2.96 bits per heavy atom. The Labute approximate surface area is 156 Å². The average Bonchev–Trinajstić information content (AvgIpc) is 3.09. The molecule has 0 aliphatic carbocycles. The standard InChI is InChI=1S/C18H24N6OS/c1-22(2)11-12-24-18(25)23-10-9-13(7-8-16(23)21-24)19-17-20-14-5-3-4-6-15(14)26-17/h3-6,13H,7-12H2,1-2H3,(H,19,20). The van der Waals surface area contributed by atoms with Crippen LogP contribution in [0.3, 0.4) is 0 Å². The van der Waals surface area contributed by atoms with Crippen molar-refractivity contribution in [3.8, 4) is 0 Å². The number of anilines is 1. The van der Waals surface area contributed by atoms with E-state index in [-0.39, 0.29) is 5.69 Å². The lowest BCUT2D eigenvalue weighted by molar-refractivity contribution is 0.367. The lowest BCUT2D eigenvalue weighted by atomic mass is 10.1. The number of rotatable bonds is 5. The van der Waals surface area contributed by atoms with Crippen LogP contribution in [0.5, 0.6) is 0 Å². The second-order valence-electron chi connectivity index (χ2n) is 7.03. The van der Waals surface area contributed by atoms with Crippen molar-refractivity contribution in [2.45, 2.75) is 38.4 Å². The minimum atomic E-state index is 0.0162. The predicted molar refractivity (Wildman–Crippen MR) is 105 cm³/mol. The van der Waals surface area contributed by atoms with Crippen LogP contribution >= 0.6 is 11.3 Å². The molecule has 0 spiro atoms. The van der Waals surface area contributed by atoms with Crippen LogP contribution in [0, 0.1) is 0 Å². The number of fused-ring (bicyclic) bond motifs is 2. The van der Waals surface area contributed by atoms with Crippen LogP contribution in [0.15, 0.2) is 29.1 Å². The fourth-order valence-corrected chi connectivity index (χ4v) is 4.26. The molecule has 0 radical (unpaired) electrons. The number of aryl methyl sites for hydroxylation is 1. The summed E-state index contributed by atoms with van der Waals surface area (Å²) in [5, 5.41) is 9.08. The van der Waals surface area contributed by atoms with Crippen molar-refractivity contribution < 1.29 is 0 Å². The molecule has 3 aromatic rings. The Bertz CT molecular complexity index is 923. The molecule has 8 heteroatoms. The van der Waals surface area contributed by atoms with Crippen molar-refractivity contribution in [2.24, 2.45) is 0 Å². The highest BCUT2D eigenvalue weighted by molar-refractivity contribution is 7.22. The van der Waals surface area contributed by atoms with E-state index in [1.54, 1.807) is 16.0 Å². The van der Waals surface area contributed by atoms with Gasteiger partial charge in [0.2, 0.25) is 0 Å². The summed E-state index contributed by atoms with van der Waals surface area (Å²) in [5.74, 6) is 0.905. The molecule has 1 atom stereocenters. The second kappa shape index (κ2) is 7.20. The van der Waals surface area contributed by atoms with Crippen molar-refractivity contribution in [1.82, 2.24) is 24.2 Å². The minimum absolute atomic E-state index is 0.0162. The van der Waals surface area contributed by atoms with Crippen LogP contribution in [0.2, 0.25) is 0 Å². The Balaban J connectivity index is 1.44. The first-order valence-electron chi connectivity index (χ1n) is 9.03. The quantitative estimate of drug-likeness (QED) is 0.742. The molecule has 2 aromatic heterocycles. The third kappa shape index (κ3) is 3.52. The molecule has 26 heavy (non-hydrogen) atoms. The number of nitrogens with zero attached hydrogens (tertiary/aromatic N) is 5. The van der Waals surface area contributed by atoms with Gasteiger partial charge in [0, 0.05) is 25.6 Å². The SMILES string of the molecule is CN(C)CCn1nc2n(c1=O)CCC(Nc1nc3ccccc3s1)CC2. The van der Waals surface area contributed by atoms with Gasteiger partial charge in [0.15, 0.2) is 5.13 Å². The lowest BCUT2D eigenvalue weighted by Crippen LogP contribution is -2.30. The smallest absolute Gasteiger partial charge is 0.345 e. The van der Waals surface area contributed by atoms with E-state index >= 15 is 0 Å². The van der Waals surface area contributed by atoms with E-state index in [9.17, 15) is 4.79 Å². The van der Waals surface area contributed by atoms with Crippen LogP contribution in [-0.2, 0) is 19.5 Å². The number of aromatic nitrogens is 4. The molecule has 0 bridgehead atoms. The molecule has 0 amide bonds. The first-order chi connectivity index (χ1) is 12.6. The van der Waals surface area contributed by atoms with Gasteiger partial charge in [0.05, 0.1) is 16.8 Å². The summed E-state index contributed by atoms with van der Waals surface area (Å²) in [6.45, 7) is 2.16. The van der Waals surface area contributed by atoms with E-state index < -0.39 is 0 Å². The Morgan fingerprint density at radius 1 is 1.31 bits per heavy atom. The molecule has 1 aliphatic rings. The monoisotopic (exact) mass is 372 g/mol. The summed E-state index contributed by atoms with van der Waals surface area (Å²) in [4.78, 5) is 19.3. The lowest BCUT2D eigenvalue weighted by Gasteiger charge is -2.14. The van der Waals surface area contributed by atoms with E-state index in [1.807, 2.05) is 36.9 Å². The highest BCUT2D eigenvalue weighted by Crippen LogP contribution is 2.27. The third-order valence-corrected chi connectivity index (χ3v) is 5.77. The molecule has 7 nitrogen and oxygen atoms in total. The van der Waals surface area contributed by atoms with E-state index in [0.717, 1.165) is 42.3 Å². The summed E-state index contributed by atoms with van der Waals surface area (Å²) in [6, 6.07) is 8.49. The van der Waals surface area contributed by atoms with E-state index in [0.29, 0.717) is 19.1 Å².